The molecule has 0 aromatic carbocycles. The fourth-order valence-electron chi connectivity index (χ4n) is 3.82. The van der Waals surface area contributed by atoms with E-state index in [0.717, 1.165) is 18.6 Å². The van der Waals surface area contributed by atoms with Crippen molar-refractivity contribution in [3.8, 4) is 0 Å². The van der Waals surface area contributed by atoms with E-state index in [2.05, 4.69) is 35.9 Å². The van der Waals surface area contributed by atoms with Crippen molar-refractivity contribution in [2.45, 2.75) is 77.4 Å². The summed E-state index contributed by atoms with van der Waals surface area (Å²) in [4.78, 5) is 5.42. The molecule has 0 aromatic rings. The number of hydrogen-bond acceptors (Lipinski definition) is 3. The Balaban J connectivity index is 1.61. The average molecular weight is 281 g/mol. The standard InChI is InChI=1S/C17H35N3/c1-4-5-6-8-15(2)18-10-12-19-14-17-9-7-11-20(17)13-16(19)3/h15-18H,4-14H2,1-3H3. The molecule has 2 rings (SSSR count). The van der Waals surface area contributed by atoms with Gasteiger partial charge in [0.2, 0.25) is 0 Å². The van der Waals surface area contributed by atoms with Crippen LogP contribution in [0.3, 0.4) is 0 Å². The third-order valence-electron chi connectivity index (χ3n) is 5.20. The molecule has 2 aliphatic heterocycles. The van der Waals surface area contributed by atoms with E-state index in [9.17, 15) is 0 Å². The summed E-state index contributed by atoms with van der Waals surface area (Å²) in [5.41, 5.74) is 0. The van der Waals surface area contributed by atoms with Gasteiger partial charge in [0.05, 0.1) is 0 Å². The summed E-state index contributed by atoms with van der Waals surface area (Å²) in [6.07, 6.45) is 8.26. The zero-order valence-corrected chi connectivity index (χ0v) is 13.9. The van der Waals surface area contributed by atoms with Gasteiger partial charge in [-0.25, -0.2) is 0 Å². The molecule has 0 spiro atoms. The van der Waals surface area contributed by atoms with Crippen molar-refractivity contribution in [2.24, 2.45) is 0 Å². The van der Waals surface area contributed by atoms with Gasteiger partial charge in [0, 0.05) is 44.3 Å². The Kier molecular flexibility index (Phi) is 6.79. The van der Waals surface area contributed by atoms with Crippen LogP contribution >= 0.6 is 0 Å². The molecule has 3 heteroatoms. The molecule has 2 saturated heterocycles. The quantitative estimate of drug-likeness (QED) is 0.690. The number of piperazine rings is 1. The van der Waals surface area contributed by atoms with Gasteiger partial charge in [-0.05, 0) is 39.7 Å². The normalized spacial score (nSPS) is 29.6. The molecule has 3 unspecified atom stereocenters. The third kappa shape index (κ3) is 4.71. The number of rotatable bonds is 8. The number of unbranched alkanes of at least 4 members (excludes halogenated alkanes) is 2. The van der Waals surface area contributed by atoms with Crippen LogP contribution < -0.4 is 5.32 Å². The molecule has 0 saturated carbocycles. The van der Waals surface area contributed by atoms with E-state index >= 15 is 0 Å². The smallest absolute Gasteiger partial charge is 0.0224 e. The van der Waals surface area contributed by atoms with Crippen LogP contribution in [0.25, 0.3) is 0 Å². The predicted octanol–water partition coefficient (Wildman–Crippen LogP) is 2.71. The van der Waals surface area contributed by atoms with Crippen LogP contribution in [0.15, 0.2) is 0 Å². The van der Waals surface area contributed by atoms with Crippen LogP contribution in [-0.4, -0.2) is 60.6 Å². The van der Waals surface area contributed by atoms with Gasteiger partial charge in [0.25, 0.3) is 0 Å². The highest BCUT2D eigenvalue weighted by molar-refractivity contribution is 4.90. The van der Waals surface area contributed by atoms with E-state index in [1.165, 1.54) is 64.7 Å². The Labute approximate surface area is 126 Å². The van der Waals surface area contributed by atoms with E-state index in [4.69, 9.17) is 0 Å². The minimum Gasteiger partial charge on any atom is -0.313 e. The molecule has 118 valence electrons. The predicted molar refractivity (Wildman–Crippen MR) is 87.2 cm³/mol. The van der Waals surface area contributed by atoms with Crippen LogP contribution in [0.4, 0.5) is 0 Å². The average Bonchev–Trinajstić information content (AvgIpc) is 2.86. The largest absolute Gasteiger partial charge is 0.313 e. The van der Waals surface area contributed by atoms with Crippen molar-refractivity contribution in [1.29, 1.82) is 0 Å². The van der Waals surface area contributed by atoms with Gasteiger partial charge in [0.1, 0.15) is 0 Å². The van der Waals surface area contributed by atoms with Crippen LogP contribution in [0.2, 0.25) is 0 Å². The lowest BCUT2D eigenvalue weighted by Crippen LogP contribution is -2.56. The maximum absolute atomic E-state index is 3.71. The molecule has 0 amide bonds. The maximum Gasteiger partial charge on any atom is 0.0224 e. The van der Waals surface area contributed by atoms with E-state index in [-0.39, 0.29) is 0 Å². The van der Waals surface area contributed by atoms with Gasteiger partial charge in [-0.2, -0.15) is 0 Å². The topological polar surface area (TPSA) is 18.5 Å². The van der Waals surface area contributed by atoms with Crippen LogP contribution in [0.5, 0.6) is 0 Å². The first kappa shape index (κ1) is 16.3. The van der Waals surface area contributed by atoms with E-state index < -0.39 is 0 Å². The van der Waals surface area contributed by atoms with Crippen molar-refractivity contribution in [1.82, 2.24) is 15.1 Å². The Hall–Kier alpha value is -0.120. The van der Waals surface area contributed by atoms with Crippen molar-refractivity contribution in [3.05, 3.63) is 0 Å². The molecule has 1 N–H and O–H groups in total. The number of nitrogens with one attached hydrogen (secondary N) is 1. The molecule has 3 nitrogen and oxygen atoms in total. The number of nitrogens with zero attached hydrogens (tertiary/aromatic N) is 2. The Bertz CT molecular complexity index is 269. The zero-order chi connectivity index (χ0) is 14.4. The highest BCUT2D eigenvalue weighted by atomic mass is 15.3. The lowest BCUT2D eigenvalue weighted by atomic mass is 10.1. The van der Waals surface area contributed by atoms with Crippen molar-refractivity contribution in [2.75, 3.05) is 32.7 Å². The molecule has 0 aromatic heterocycles. The van der Waals surface area contributed by atoms with E-state index in [1.54, 1.807) is 0 Å². The summed E-state index contributed by atoms with van der Waals surface area (Å²) in [7, 11) is 0. The van der Waals surface area contributed by atoms with Gasteiger partial charge in [0.15, 0.2) is 0 Å². The van der Waals surface area contributed by atoms with Gasteiger partial charge in [-0.15, -0.1) is 0 Å². The molecule has 0 aliphatic carbocycles. The minimum absolute atomic E-state index is 0.685. The first-order chi connectivity index (χ1) is 9.70. The maximum atomic E-state index is 3.71. The third-order valence-corrected chi connectivity index (χ3v) is 5.20. The Morgan fingerprint density at radius 1 is 1.25 bits per heavy atom. The molecule has 2 aliphatic rings. The molecule has 0 radical (unpaired) electrons. The molecular weight excluding hydrogens is 246 g/mol. The molecule has 3 atom stereocenters. The van der Waals surface area contributed by atoms with E-state index in [0.29, 0.717) is 6.04 Å². The minimum atomic E-state index is 0.685. The Morgan fingerprint density at radius 3 is 2.90 bits per heavy atom. The molecular formula is C17H35N3. The van der Waals surface area contributed by atoms with Gasteiger partial charge in [-0.3, -0.25) is 9.80 Å². The van der Waals surface area contributed by atoms with Crippen LogP contribution in [0.1, 0.15) is 59.3 Å². The van der Waals surface area contributed by atoms with Gasteiger partial charge < -0.3 is 5.32 Å². The highest BCUT2D eigenvalue weighted by Crippen LogP contribution is 2.24. The number of fused-ring (bicyclic) bond motifs is 1. The van der Waals surface area contributed by atoms with Crippen molar-refractivity contribution in [3.63, 3.8) is 0 Å². The fourth-order valence-corrected chi connectivity index (χ4v) is 3.82. The second-order valence-corrected chi connectivity index (χ2v) is 6.99. The second-order valence-electron chi connectivity index (χ2n) is 6.99. The fraction of sp³-hybridized carbons (Fsp3) is 1.00. The lowest BCUT2D eigenvalue weighted by Gasteiger charge is -2.42. The summed E-state index contributed by atoms with van der Waals surface area (Å²) in [6, 6.07) is 2.28. The van der Waals surface area contributed by atoms with Crippen LogP contribution in [-0.2, 0) is 0 Å². The first-order valence-corrected chi connectivity index (χ1v) is 8.92. The Morgan fingerprint density at radius 2 is 2.10 bits per heavy atom. The zero-order valence-electron chi connectivity index (χ0n) is 13.9. The summed E-state index contributed by atoms with van der Waals surface area (Å²) in [6.45, 7) is 13.3. The molecule has 0 bridgehead atoms. The summed E-state index contributed by atoms with van der Waals surface area (Å²) in [5.74, 6) is 0. The number of hydrogen-bond donors (Lipinski definition) is 1. The van der Waals surface area contributed by atoms with Crippen LogP contribution in [0, 0.1) is 0 Å². The van der Waals surface area contributed by atoms with Crippen molar-refractivity contribution < 1.29 is 0 Å². The highest BCUT2D eigenvalue weighted by Gasteiger charge is 2.33. The lowest BCUT2D eigenvalue weighted by molar-refractivity contribution is 0.0599. The monoisotopic (exact) mass is 281 g/mol. The van der Waals surface area contributed by atoms with Gasteiger partial charge >= 0.3 is 0 Å². The first-order valence-electron chi connectivity index (χ1n) is 8.92. The van der Waals surface area contributed by atoms with E-state index in [1.807, 2.05) is 0 Å². The summed E-state index contributed by atoms with van der Waals surface area (Å²) in [5, 5.41) is 3.71. The summed E-state index contributed by atoms with van der Waals surface area (Å²) >= 11 is 0. The SMILES string of the molecule is CCCCCC(C)NCCN1CC2CCCN2CC1C. The molecule has 2 heterocycles. The van der Waals surface area contributed by atoms with Crippen molar-refractivity contribution >= 4 is 0 Å². The second kappa shape index (κ2) is 8.35. The molecule has 20 heavy (non-hydrogen) atoms. The summed E-state index contributed by atoms with van der Waals surface area (Å²) < 4.78 is 0. The molecule has 2 fully saturated rings. The van der Waals surface area contributed by atoms with Gasteiger partial charge in [-0.1, -0.05) is 26.2 Å².